The predicted molar refractivity (Wildman–Crippen MR) is 141 cm³/mol. The normalized spacial score (nSPS) is 12.4. The minimum atomic E-state index is -0.823. The van der Waals surface area contributed by atoms with E-state index in [-0.39, 0.29) is 36.5 Å². The fourth-order valence-corrected chi connectivity index (χ4v) is 4.14. The molecular formula is C28H30ClN3O4. The number of para-hydroxylation sites is 1. The van der Waals surface area contributed by atoms with Gasteiger partial charge in [0, 0.05) is 35.7 Å². The van der Waals surface area contributed by atoms with Crippen molar-refractivity contribution in [3.05, 3.63) is 111 Å². The second-order valence-electron chi connectivity index (χ2n) is 8.74. The quantitative estimate of drug-likeness (QED) is 0.280. The Morgan fingerprint density at radius 1 is 1.00 bits per heavy atom. The van der Waals surface area contributed by atoms with Gasteiger partial charge < -0.3 is 10.2 Å². The Hall–Kier alpha value is -3.71. The Morgan fingerprint density at radius 3 is 2.33 bits per heavy atom. The zero-order chi connectivity index (χ0) is 26.1. The minimum absolute atomic E-state index is 0.0749. The highest BCUT2D eigenvalue weighted by atomic mass is 35.5. The van der Waals surface area contributed by atoms with E-state index in [9.17, 15) is 19.7 Å². The lowest BCUT2D eigenvalue weighted by Crippen LogP contribution is -2.52. The Bertz CT molecular complexity index is 1200. The summed E-state index contributed by atoms with van der Waals surface area (Å²) >= 11 is 6.20. The van der Waals surface area contributed by atoms with Crippen LogP contribution in [-0.2, 0) is 29.0 Å². The molecule has 8 heteroatoms. The lowest BCUT2D eigenvalue weighted by molar-refractivity contribution is -0.385. The maximum absolute atomic E-state index is 13.8. The fourth-order valence-electron chi connectivity index (χ4n) is 3.93. The first kappa shape index (κ1) is 26.9. The summed E-state index contributed by atoms with van der Waals surface area (Å²) in [7, 11) is 0. The van der Waals surface area contributed by atoms with E-state index in [4.69, 9.17) is 11.6 Å². The van der Waals surface area contributed by atoms with Crippen LogP contribution in [0.15, 0.2) is 78.9 Å². The van der Waals surface area contributed by atoms with Gasteiger partial charge in [0.2, 0.25) is 11.8 Å². The molecule has 1 N–H and O–H groups in total. The molecule has 0 unspecified atom stereocenters. The van der Waals surface area contributed by atoms with Crippen LogP contribution in [0.4, 0.5) is 5.69 Å². The molecular weight excluding hydrogens is 478 g/mol. The third-order valence-corrected chi connectivity index (χ3v) is 6.28. The number of benzene rings is 3. The molecule has 0 radical (unpaired) electrons. The number of carbonyl (C=O) groups excluding carboxylic acids is 2. The molecule has 36 heavy (non-hydrogen) atoms. The van der Waals surface area contributed by atoms with Gasteiger partial charge in [-0.15, -0.1) is 0 Å². The molecule has 7 nitrogen and oxygen atoms in total. The van der Waals surface area contributed by atoms with Gasteiger partial charge >= 0.3 is 0 Å². The zero-order valence-electron chi connectivity index (χ0n) is 20.4. The molecule has 0 saturated heterocycles. The molecule has 2 amide bonds. The second kappa shape index (κ2) is 12.8. The molecule has 0 heterocycles. The van der Waals surface area contributed by atoms with E-state index in [1.165, 1.54) is 11.0 Å². The molecule has 0 aliphatic rings. The third-order valence-electron chi connectivity index (χ3n) is 6.04. The van der Waals surface area contributed by atoms with E-state index in [1.807, 2.05) is 50.2 Å². The molecule has 0 aliphatic carbocycles. The molecule has 0 aromatic heterocycles. The van der Waals surface area contributed by atoms with Gasteiger partial charge in [-0.05, 0) is 36.6 Å². The number of nitrogens with zero attached hydrogens (tertiary/aromatic N) is 2. The highest BCUT2D eigenvalue weighted by molar-refractivity contribution is 6.30. The molecule has 0 spiro atoms. The number of nitrogens with one attached hydrogen (secondary N) is 1. The van der Waals surface area contributed by atoms with E-state index in [1.54, 1.807) is 36.4 Å². The smallest absolute Gasteiger partial charge is 0.273 e. The molecule has 188 valence electrons. The molecule has 0 fully saturated rings. The first-order chi connectivity index (χ1) is 17.3. The largest absolute Gasteiger partial charge is 0.352 e. The molecule has 2 atom stereocenters. The van der Waals surface area contributed by atoms with Crippen LogP contribution in [0.3, 0.4) is 0 Å². The average molecular weight is 508 g/mol. The van der Waals surface area contributed by atoms with Gasteiger partial charge in [0.05, 0.1) is 11.3 Å². The minimum Gasteiger partial charge on any atom is -0.352 e. The summed E-state index contributed by atoms with van der Waals surface area (Å²) in [6, 6.07) is 21.9. The maximum Gasteiger partial charge on any atom is 0.273 e. The van der Waals surface area contributed by atoms with Gasteiger partial charge in [0.25, 0.3) is 5.69 Å². The molecule has 3 rings (SSSR count). The molecule has 3 aromatic rings. The van der Waals surface area contributed by atoms with Crippen LogP contribution in [0.25, 0.3) is 0 Å². The molecule has 0 aliphatic heterocycles. The number of carbonyl (C=O) groups is 2. The van der Waals surface area contributed by atoms with Crippen molar-refractivity contribution in [3.8, 4) is 0 Å². The van der Waals surface area contributed by atoms with E-state index >= 15 is 0 Å². The second-order valence-corrected chi connectivity index (χ2v) is 9.17. The maximum atomic E-state index is 13.8. The predicted octanol–water partition coefficient (Wildman–Crippen LogP) is 5.35. The van der Waals surface area contributed by atoms with Crippen molar-refractivity contribution in [3.63, 3.8) is 0 Å². The van der Waals surface area contributed by atoms with Crippen LogP contribution in [0.2, 0.25) is 5.02 Å². The van der Waals surface area contributed by atoms with Gasteiger partial charge in [-0.1, -0.05) is 79.2 Å². The summed E-state index contributed by atoms with van der Waals surface area (Å²) in [6.45, 7) is 4.01. The van der Waals surface area contributed by atoms with Crippen molar-refractivity contribution in [2.75, 3.05) is 0 Å². The molecule has 0 bridgehead atoms. The highest BCUT2D eigenvalue weighted by Crippen LogP contribution is 2.22. The zero-order valence-corrected chi connectivity index (χ0v) is 21.1. The topological polar surface area (TPSA) is 92.6 Å². The van der Waals surface area contributed by atoms with Crippen molar-refractivity contribution < 1.29 is 14.5 Å². The van der Waals surface area contributed by atoms with Crippen LogP contribution in [0, 0.1) is 10.1 Å². The highest BCUT2D eigenvalue weighted by Gasteiger charge is 2.32. The SMILES string of the molecule is CC[C@H](C)NC(=O)[C@@H](Cc1ccccc1)N(Cc1cccc(Cl)c1)C(=O)Cc1ccccc1[N+](=O)[O-]. The number of hydrogen-bond acceptors (Lipinski definition) is 4. The lowest BCUT2D eigenvalue weighted by Gasteiger charge is -2.32. The van der Waals surface area contributed by atoms with Gasteiger partial charge in [-0.3, -0.25) is 19.7 Å². The number of halogens is 1. The summed E-state index contributed by atoms with van der Waals surface area (Å²) in [5, 5.41) is 15.1. The summed E-state index contributed by atoms with van der Waals surface area (Å²) in [5.41, 5.74) is 1.82. The Morgan fingerprint density at radius 2 is 1.67 bits per heavy atom. The van der Waals surface area contributed by atoms with Crippen molar-refractivity contribution in [1.82, 2.24) is 10.2 Å². The van der Waals surface area contributed by atoms with Gasteiger partial charge in [-0.25, -0.2) is 0 Å². The monoisotopic (exact) mass is 507 g/mol. The number of rotatable bonds is 11. The first-order valence-electron chi connectivity index (χ1n) is 11.9. The van der Waals surface area contributed by atoms with Gasteiger partial charge in [0.15, 0.2) is 0 Å². The van der Waals surface area contributed by atoms with Crippen molar-refractivity contribution >= 4 is 29.1 Å². The van der Waals surface area contributed by atoms with Gasteiger partial charge in [-0.2, -0.15) is 0 Å². The fraction of sp³-hybridized carbons (Fsp3) is 0.286. The Balaban J connectivity index is 2.02. The standard InChI is InChI=1S/C28H30ClN3O4/c1-3-20(2)30-28(34)26(17-21-10-5-4-6-11-21)31(19-22-12-9-14-24(29)16-22)27(33)18-23-13-7-8-15-25(23)32(35)36/h4-16,20,26H,3,17-19H2,1-2H3,(H,30,34)/t20-,26+/m0/s1. The van der Waals surface area contributed by atoms with Crippen molar-refractivity contribution in [2.24, 2.45) is 0 Å². The lowest BCUT2D eigenvalue weighted by atomic mass is 10.0. The van der Waals surface area contributed by atoms with E-state index in [0.29, 0.717) is 17.0 Å². The Labute approximate surface area is 216 Å². The van der Waals surface area contributed by atoms with E-state index in [0.717, 1.165) is 17.5 Å². The average Bonchev–Trinajstić information content (AvgIpc) is 2.86. The summed E-state index contributed by atoms with van der Waals surface area (Å²) in [4.78, 5) is 39.8. The Kier molecular flexibility index (Phi) is 9.59. The van der Waals surface area contributed by atoms with Crippen LogP contribution in [-0.4, -0.2) is 33.7 Å². The van der Waals surface area contributed by atoms with Gasteiger partial charge in [0.1, 0.15) is 6.04 Å². The van der Waals surface area contributed by atoms with Crippen molar-refractivity contribution in [2.45, 2.75) is 51.7 Å². The number of nitro groups is 1. The van der Waals surface area contributed by atoms with E-state index in [2.05, 4.69) is 5.32 Å². The number of amides is 2. The molecule has 3 aromatic carbocycles. The van der Waals surface area contributed by atoms with Crippen molar-refractivity contribution in [1.29, 1.82) is 0 Å². The first-order valence-corrected chi connectivity index (χ1v) is 12.3. The number of hydrogen-bond donors (Lipinski definition) is 1. The third kappa shape index (κ3) is 7.39. The summed E-state index contributed by atoms with van der Waals surface area (Å²) < 4.78 is 0. The van der Waals surface area contributed by atoms with E-state index < -0.39 is 11.0 Å². The number of nitro benzene ring substituents is 1. The van der Waals surface area contributed by atoms with Crippen LogP contribution >= 0.6 is 11.6 Å². The summed E-state index contributed by atoms with van der Waals surface area (Å²) in [6.07, 6.45) is 0.828. The van der Waals surface area contributed by atoms with Crippen LogP contribution in [0.1, 0.15) is 37.0 Å². The summed E-state index contributed by atoms with van der Waals surface area (Å²) in [5.74, 6) is -0.657. The van der Waals surface area contributed by atoms with Crippen LogP contribution < -0.4 is 5.32 Å². The molecule has 0 saturated carbocycles. The van der Waals surface area contributed by atoms with Crippen LogP contribution in [0.5, 0.6) is 0 Å².